The molecule has 0 aliphatic rings. The lowest BCUT2D eigenvalue weighted by Gasteiger charge is -2.10. The molecule has 1 aromatic carbocycles. The van der Waals surface area contributed by atoms with Gasteiger partial charge in [-0.25, -0.2) is 0 Å². The van der Waals surface area contributed by atoms with Crippen molar-refractivity contribution in [3.63, 3.8) is 0 Å². The van der Waals surface area contributed by atoms with Crippen LogP contribution in [0.15, 0.2) is 41.3 Å². The summed E-state index contributed by atoms with van der Waals surface area (Å²) >= 11 is 0. The molecule has 1 aromatic heterocycles. The summed E-state index contributed by atoms with van der Waals surface area (Å²) in [6.07, 6.45) is 2.11. The van der Waals surface area contributed by atoms with Crippen LogP contribution in [0.2, 0.25) is 0 Å². The summed E-state index contributed by atoms with van der Waals surface area (Å²) in [4.78, 5) is 25.9. The first-order valence-electron chi connectivity index (χ1n) is 6.82. The van der Waals surface area contributed by atoms with Crippen molar-refractivity contribution in [2.24, 2.45) is 0 Å². The number of ether oxygens (including phenoxy) is 2. The van der Waals surface area contributed by atoms with Crippen LogP contribution < -0.4 is 20.3 Å². The van der Waals surface area contributed by atoms with E-state index in [9.17, 15) is 9.59 Å². The third-order valence-electron chi connectivity index (χ3n) is 3.21. The molecule has 1 heterocycles. The van der Waals surface area contributed by atoms with Gasteiger partial charge in [0, 0.05) is 12.7 Å². The number of hydrogen-bond acceptors (Lipinski definition) is 4. The van der Waals surface area contributed by atoms with Crippen molar-refractivity contribution in [2.75, 3.05) is 20.8 Å². The second-order valence-electron chi connectivity index (χ2n) is 4.61. The Hall–Kier alpha value is -2.76. The van der Waals surface area contributed by atoms with Gasteiger partial charge in [-0.05, 0) is 36.2 Å². The van der Waals surface area contributed by atoms with Gasteiger partial charge >= 0.3 is 0 Å². The Morgan fingerprint density at radius 1 is 1.18 bits per heavy atom. The summed E-state index contributed by atoms with van der Waals surface area (Å²) in [6, 6.07) is 8.69. The number of methoxy groups -OCH3 is 2. The first kappa shape index (κ1) is 15.6. The minimum absolute atomic E-state index is 0.106. The summed E-state index contributed by atoms with van der Waals surface area (Å²) in [7, 11) is 3.15. The normalized spacial score (nSPS) is 10.1. The van der Waals surface area contributed by atoms with Gasteiger partial charge < -0.3 is 19.8 Å². The van der Waals surface area contributed by atoms with Crippen molar-refractivity contribution in [3.05, 3.63) is 58.0 Å². The molecule has 0 atom stereocenters. The largest absolute Gasteiger partial charge is 0.493 e. The average molecular weight is 302 g/mol. The fourth-order valence-electron chi connectivity index (χ4n) is 2.05. The van der Waals surface area contributed by atoms with E-state index in [1.165, 1.54) is 12.3 Å². The van der Waals surface area contributed by atoms with Crippen molar-refractivity contribution in [1.29, 1.82) is 0 Å². The van der Waals surface area contributed by atoms with Crippen molar-refractivity contribution in [3.8, 4) is 11.5 Å². The molecule has 0 saturated heterocycles. The lowest BCUT2D eigenvalue weighted by atomic mass is 10.1. The zero-order valence-electron chi connectivity index (χ0n) is 12.5. The molecular formula is C16H18N2O4. The Morgan fingerprint density at radius 3 is 2.64 bits per heavy atom. The predicted molar refractivity (Wildman–Crippen MR) is 82.6 cm³/mol. The quantitative estimate of drug-likeness (QED) is 0.844. The number of amides is 1. The molecule has 0 saturated carbocycles. The van der Waals surface area contributed by atoms with Crippen molar-refractivity contribution in [1.82, 2.24) is 10.3 Å². The number of aromatic nitrogens is 1. The third-order valence-corrected chi connectivity index (χ3v) is 3.21. The van der Waals surface area contributed by atoms with Gasteiger partial charge in [0.15, 0.2) is 11.5 Å². The van der Waals surface area contributed by atoms with Crippen LogP contribution in [0.4, 0.5) is 0 Å². The van der Waals surface area contributed by atoms with Crippen LogP contribution in [0.5, 0.6) is 11.5 Å². The number of benzene rings is 1. The lowest BCUT2D eigenvalue weighted by molar-refractivity contribution is 0.0952. The van der Waals surface area contributed by atoms with Gasteiger partial charge in [-0.1, -0.05) is 6.07 Å². The molecule has 0 aliphatic carbocycles. The van der Waals surface area contributed by atoms with Crippen molar-refractivity contribution >= 4 is 5.91 Å². The van der Waals surface area contributed by atoms with Crippen LogP contribution in [0.1, 0.15) is 15.9 Å². The van der Waals surface area contributed by atoms with E-state index in [2.05, 4.69) is 10.3 Å². The van der Waals surface area contributed by atoms with Crippen LogP contribution in [0, 0.1) is 0 Å². The van der Waals surface area contributed by atoms with E-state index in [0.717, 1.165) is 5.56 Å². The SMILES string of the molecule is COc1ccc(CCNC(=O)c2ccc[nH]c2=O)cc1OC. The van der Waals surface area contributed by atoms with Gasteiger partial charge in [0.05, 0.1) is 14.2 Å². The molecular weight excluding hydrogens is 284 g/mol. The molecule has 2 N–H and O–H groups in total. The maximum Gasteiger partial charge on any atom is 0.260 e. The first-order chi connectivity index (χ1) is 10.7. The molecule has 0 radical (unpaired) electrons. The number of pyridine rings is 1. The number of H-pyrrole nitrogens is 1. The van der Waals surface area contributed by atoms with Crippen molar-refractivity contribution < 1.29 is 14.3 Å². The molecule has 6 heteroatoms. The van der Waals surface area contributed by atoms with E-state index in [1.807, 2.05) is 18.2 Å². The summed E-state index contributed by atoms with van der Waals surface area (Å²) < 4.78 is 10.4. The molecule has 0 aliphatic heterocycles. The highest BCUT2D eigenvalue weighted by atomic mass is 16.5. The average Bonchev–Trinajstić information content (AvgIpc) is 2.55. The van der Waals surface area contributed by atoms with E-state index >= 15 is 0 Å². The molecule has 6 nitrogen and oxygen atoms in total. The zero-order valence-corrected chi connectivity index (χ0v) is 12.5. The molecule has 1 amide bonds. The Labute approximate surface area is 128 Å². The highest BCUT2D eigenvalue weighted by Crippen LogP contribution is 2.27. The van der Waals surface area contributed by atoms with Gasteiger partial charge in [0.2, 0.25) is 0 Å². The maximum absolute atomic E-state index is 11.9. The Morgan fingerprint density at radius 2 is 1.95 bits per heavy atom. The molecule has 22 heavy (non-hydrogen) atoms. The third kappa shape index (κ3) is 3.66. The van der Waals surface area contributed by atoms with Crippen LogP contribution in [-0.4, -0.2) is 31.7 Å². The van der Waals surface area contributed by atoms with Crippen LogP contribution >= 0.6 is 0 Å². The Balaban J connectivity index is 1.95. The topological polar surface area (TPSA) is 80.4 Å². The molecule has 0 unspecified atom stereocenters. The summed E-state index contributed by atoms with van der Waals surface area (Å²) in [6.45, 7) is 0.419. The van der Waals surface area contributed by atoms with E-state index in [1.54, 1.807) is 20.3 Å². The van der Waals surface area contributed by atoms with Gasteiger partial charge in [0.1, 0.15) is 5.56 Å². The van der Waals surface area contributed by atoms with Gasteiger partial charge in [-0.2, -0.15) is 0 Å². The molecule has 0 spiro atoms. The zero-order chi connectivity index (χ0) is 15.9. The first-order valence-corrected chi connectivity index (χ1v) is 6.82. The lowest BCUT2D eigenvalue weighted by Crippen LogP contribution is -2.30. The summed E-state index contributed by atoms with van der Waals surface area (Å²) in [5.41, 5.74) is 0.709. The van der Waals surface area contributed by atoms with E-state index in [4.69, 9.17) is 9.47 Å². The molecule has 0 bridgehead atoms. The molecule has 0 fully saturated rings. The fourth-order valence-corrected chi connectivity index (χ4v) is 2.05. The Bertz CT molecular complexity index is 709. The van der Waals surface area contributed by atoms with E-state index in [0.29, 0.717) is 24.5 Å². The minimum atomic E-state index is -0.397. The van der Waals surface area contributed by atoms with E-state index in [-0.39, 0.29) is 11.5 Å². The second-order valence-corrected chi connectivity index (χ2v) is 4.61. The van der Waals surface area contributed by atoms with Gasteiger partial charge in [-0.3, -0.25) is 9.59 Å². The molecule has 2 aromatic rings. The predicted octanol–water partition coefficient (Wildman–Crippen LogP) is 1.36. The van der Waals surface area contributed by atoms with E-state index < -0.39 is 5.56 Å². The Kier molecular flexibility index (Phi) is 5.19. The maximum atomic E-state index is 11.9. The molecule has 116 valence electrons. The van der Waals surface area contributed by atoms with Crippen LogP contribution in [0.25, 0.3) is 0 Å². The number of nitrogens with one attached hydrogen (secondary N) is 2. The van der Waals surface area contributed by atoms with Crippen LogP contribution in [-0.2, 0) is 6.42 Å². The summed E-state index contributed by atoms with van der Waals surface area (Å²) in [5.74, 6) is 0.916. The molecule has 2 rings (SSSR count). The number of aromatic amines is 1. The standard InChI is InChI=1S/C16H18N2O4/c1-21-13-6-5-11(10-14(13)22-2)7-9-18-16(20)12-4-3-8-17-15(12)19/h3-6,8,10H,7,9H2,1-2H3,(H,17,19)(H,18,20). The minimum Gasteiger partial charge on any atom is -0.493 e. The smallest absolute Gasteiger partial charge is 0.260 e. The van der Waals surface area contributed by atoms with Gasteiger partial charge in [0.25, 0.3) is 11.5 Å². The monoisotopic (exact) mass is 302 g/mol. The highest BCUT2D eigenvalue weighted by Gasteiger charge is 2.09. The second kappa shape index (κ2) is 7.31. The van der Waals surface area contributed by atoms with Gasteiger partial charge in [-0.15, -0.1) is 0 Å². The van der Waals surface area contributed by atoms with Crippen molar-refractivity contribution in [2.45, 2.75) is 6.42 Å². The highest BCUT2D eigenvalue weighted by molar-refractivity contribution is 5.93. The van der Waals surface area contributed by atoms with Crippen LogP contribution in [0.3, 0.4) is 0 Å². The number of hydrogen-bond donors (Lipinski definition) is 2. The number of carbonyl (C=O) groups excluding carboxylic acids is 1. The summed E-state index contributed by atoms with van der Waals surface area (Å²) in [5, 5.41) is 2.72. The number of rotatable bonds is 6. The fraction of sp³-hybridized carbons (Fsp3) is 0.250. The number of carbonyl (C=O) groups is 1.